The number of carbonyl (C=O) groups excluding carboxylic acids is 2. The maximum atomic E-state index is 13.9. The minimum atomic E-state index is -2.24. The second-order valence-corrected chi connectivity index (χ2v) is 12.6. The third-order valence-electron chi connectivity index (χ3n) is 9.04. The van der Waals surface area contributed by atoms with Crippen molar-refractivity contribution < 1.29 is 34.4 Å². The minimum absolute atomic E-state index is 0.165. The number of hydrogen-bond acceptors (Lipinski definition) is 7. The molecule has 4 rings (SSSR count). The second kappa shape index (κ2) is 8.21. The van der Waals surface area contributed by atoms with Crippen LogP contribution >= 0.6 is 15.9 Å². The van der Waals surface area contributed by atoms with E-state index in [-0.39, 0.29) is 12.0 Å². The van der Waals surface area contributed by atoms with E-state index in [4.69, 9.17) is 9.47 Å². The summed E-state index contributed by atoms with van der Waals surface area (Å²) in [5, 5.41) is 35.6. The molecule has 8 heteroatoms. The van der Waals surface area contributed by atoms with Crippen molar-refractivity contribution in [2.45, 2.75) is 89.0 Å². The van der Waals surface area contributed by atoms with Gasteiger partial charge in [-0.05, 0) is 56.4 Å². The van der Waals surface area contributed by atoms with Crippen molar-refractivity contribution in [1.29, 1.82) is 0 Å². The van der Waals surface area contributed by atoms with Gasteiger partial charge in [-0.2, -0.15) is 0 Å². The van der Waals surface area contributed by atoms with Gasteiger partial charge in [0, 0.05) is 22.2 Å². The Kier molecular flexibility index (Phi) is 6.22. The standard InChI is InChI=1S/C27H35BrO7/c1-7-24(4)14-18(30)27(33)25(5)17(29)12-13-23(2,3)20(25)19(31)21(26(27,6)35-24)34-22(32)15-8-10-16(28)11-9-15/h7-11,17,19-21,29,31,33H,1,12-14H2,2-6H3/t17-,19-,20-,21-,24-,25-,26+,27-/m0/s1. The lowest BCUT2D eigenvalue weighted by Gasteiger charge is -2.71. The van der Waals surface area contributed by atoms with E-state index >= 15 is 0 Å². The zero-order chi connectivity index (χ0) is 26.2. The highest BCUT2D eigenvalue weighted by Crippen LogP contribution is 2.67. The summed E-state index contributed by atoms with van der Waals surface area (Å²) in [6, 6.07) is 6.54. The van der Waals surface area contributed by atoms with Crippen LogP contribution in [0.15, 0.2) is 41.4 Å². The first kappa shape index (κ1) is 26.5. The summed E-state index contributed by atoms with van der Waals surface area (Å²) in [4.78, 5) is 27.1. The van der Waals surface area contributed by atoms with Gasteiger partial charge in [0.25, 0.3) is 0 Å². The second-order valence-electron chi connectivity index (χ2n) is 11.7. The van der Waals surface area contributed by atoms with E-state index in [9.17, 15) is 24.9 Å². The smallest absolute Gasteiger partial charge is 0.338 e. The first-order valence-electron chi connectivity index (χ1n) is 12.0. The van der Waals surface area contributed by atoms with Gasteiger partial charge in [0.1, 0.15) is 5.60 Å². The van der Waals surface area contributed by atoms with Crippen LogP contribution in [-0.4, -0.2) is 62.2 Å². The largest absolute Gasteiger partial charge is 0.453 e. The fourth-order valence-electron chi connectivity index (χ4n) is 7.25. The Balaban J connectivity index is 1.91. The lowest BCUT2D eigenvalue weighted by Crippen LogP contribution is -2.86. The molecule has 1 aromatic carbocycles. The zero-order valence-corrected chi connectivity index (χ0v) is 22.5. The maximum Gasteiger partial charge on any atom is 0.338 e. The van der Waals surface area contributed by atoms with Gasteiger partial charge in [0.15, 0.2) is 17.5 Å². The molecule has 0 spiro atoms. The van der Waals surface area contributed by atoms with Crippen molar-refractivity contribution in [3.05, 3.63) is 47.0 Å². The van der Waals surface area contributed by atoms with Gasteiger partial charge >= 0.3 is 5.97 Å². The number of ether oxygens (including phenoxy) is 2. The van der Waals surface area contributed by atoms with Gasteiger partial charge in [-0.3, -0.25) is 4.79 Å². The summed E-state index contributed by atoms with van der Waals surface area (Å²) in [5.41, 5.74) is -7.06. The monoisotopic (exact) mass is 550 g/mol. The Bertz CT molecular complexity index is 1050. The number of benzene rings is 1. The Labute approximate surface area is 214 Å². The lowest BCUT2D eigenvalue weighted by atomic mass is 9.40. The predicted octanol–water partition coefficient (Wildman–Crippen LogP) is 3.58. The molecule has 0 radical (unpaired) electrons. The van der Waals surface area contributed by atoms with Gasteiger partial charge in [0.05, 0.1) is 23.4 Å². The summed E-state index contributed by atoms with van der Waals surface area (Å²) in [6.07, 6.45) is -1.58. The van der Waals surface area contributed by atoms with Crippen LogP contribution in [0, 0.1) is 16.7 Å². The van der Waals surface area contributed by atoms with Crippen molar-refractivity contribution >= 4 is 27.7 Å². The molecule has 0 bridgehead atoms. The number of Topliss-reactive ketones (excluding diaryl/α,β-unsaturated/α-hetero) is 1. The van der Waals surface area contributed by atoms with Crippen LogP contribution in [-0.2, 0) is 14.3 Å². The van der Waals surface area contributed by atoms with Crippen LogP contribution in [0.5, 0.6) is 0 Å². The summed E-state index contributed by atoms with van der Waals surface area (Å²) in [7, 11) is 0. The summed E-state index contributed by atoms with van der Waals surface area (Å²) in [5.74, 6) is -2.01. The molecular weight excluding hydrogens is 516 g/mol. The third kappa shape index (κ3) is 3.51. The number of carbonyl (C=O) groups is 2. The Morgan fingerprint density at radius 2 is 1.77 bits per heavy atom. The molecule has 35 heavy (non-hydrogen) atoms. The van der Waals surface area contributed by atoms with Crippen molar-refractivity contribution in [2.24, 2.45) is 16.7 Å². The number of halogens is 1. The summed E-state index contributed by atoms with van der Waals surface area (Å²) < 4.78 is 13.1. The van der Waals surface area contributed by atoms with Crippen LogP contribution in [0.2, 0.25) is 0 Å². The molecule has 0 aromatic heterocycles. The SMILES string of the molecule is C=C[C@@]1(C)CC(=O)[C@]2(O)[C@@]3(C)[C@@H](O)CCC(C)(C)[C@@H]3[C@H](O)[C@H](OC(=O)c3ccc(Br)cc3)[C@@]2(C)O1. The molecule has 1 saturated heterocycles. The molecule has 192 valence electrons. The molecule has 7 nitrogen and oxygen atoms in total. The van der Waals surface area contributed by atoms with Crippen LogP contribution < -0.4 is 0 Å². The normalized spacial score (nSPS) is 44.7. The molecule has 2 saturated carbocycles. The maximum absolute atomic E-state index is 13.9. The Morgan fingerprint density at radius 3 is 2.34 bits per heavy atom. The van der Waals surface area contributed by atoms with E-state index in [1.54, 1.807) is 38.1 Å². The van der Waals surface area contributed by atoms with E-state index in [1.165, 1.54) is 13.0 Å². The zero-order valence-electron chi connectivity index (χ0n) is 20.9. The van der Waals surface area contributed by atoms with Crippen LogP contribution in [0.4, 0.5) is 0 Å². The quantitative estimate of drug-likeness (QED) is 0.389. The molecule has 2 aliphatic carbocycles. The number of hydrogen-bond donors (Lipinski definition) is 3. The number of aliphatic hydroxyl groups excluding tert-OH is 2. The molecule has 0 unspecified atom stereocenters. The van der Waals surface area contributed by atoms with Gasteiger partial charge < -0.3 is 24.8 Å². The fraction of sp³-hybridized carbons (Fsp3) is 0.630. The first-order chi connectivity index (χ1) is 16.1. The molecule has 3 fully saturated rings. The number of ketones is 1. The van der Waals surface area contributed by atoms with Gasteiger partial charge in [-0.15, -0.1) is 6.58 Å². The van der Waals surface area contributed by atoms with Crippen molar-refractivity contribution in [3.8, 4) is 0 Å². The average molecular weight is 551 g/mol. The van der Waals surface area contributed by atoms with Crippen molar-refractivity contribution in [3.63, 3.8) is 0 Å². The highest BCUT2D eigenvalue weighted by molar-refractivity contribution is 9.10. The molecule has 8 atom stereocenters. The highest BCUT2D eigenvalue weighted by atomic mass is 79.9. The molecule has 3 aliphatic rings. The minimum Gasteiger partial charge on any atom is -0.453 e. The molecular formula is C27H35BrO7. The lowest BCUT2D eigenvalue weighted by molar-refractivity contribution is -0.369. The average Bonchev–Trinajstić information content (AvgIpc) is 2.77. The van der Waals surface area contributed by atoms with Gasteiger partial charge in [-0.1, -0.05) is 42.8 Å². The molecule has 1 heterocycles. The third-order valence-corrected chi connectivity index (χ3v) is 9.57. The summed E-state index contributed by atoms with van der Waals surface area (Å²) in [6.45, 7) is 12.5. The Morgan fingerprint density at radius 1 is 1.17 bits per heavy atom. The van der Waals surface area contributed by atoms with Gasteiger partial charge in [0.2, 0.25) is 0 Å². The topological polar surface area (TPSA) is 113 Å². The van der Waals surface area contributed by atoms with E-state index in [0.717, 1.165) is 4.47 Å². The van der Waals surface area contributed by atoms with E-state index in [2.05, 4.69) is 22.5 Å². The Hall–Kier alpha value is -1.58. The van der Waals surface area contributed by atoms with Crippen LogP contribution in [0.3, 0.4) is 0 Å². The molecule has 1 aliphatic heterocycles. The number of fused-ring (bicyclic) bond motifs is 3. The van der Waals surface area contributed by atoms with Gasteiger partial charge in [-0.25, -0.2) is 4.79 Å². The highest BCUT2D eigenvalue weighted by Gasteiger charge is 2.81. The van der Waals surface area contributed by atoms with Crippen molar-refractivity contribution in [2.75, 3.05) is 0 Å². The summed E-state index contributed by atoms with van der Waals surface area (Å²) >= 11 is 3.34. The number of aliphatic hydroxyl groups is 3. The van der Waals surface area contributed by atoms with Crippen LogP contribution in [0.1, 0.15) is 64.2 Å². The van der Waals surface area contributed by atoms with E-state index < -0.39 is 63.6 Å². The van der Waals surface area contributed by atoms with Crippen LogP contribution in [0.25, 0.3) is 0 Å². The van der Waals surface area contributed by atoms with E-state index in [1.807, 2.05) is 13.8 Å². The predicted molar refractivity (Wildman–Crippen MR) is 133 cm³/mol. The van der Waals surface area contributed by atoms with E-state index in [0.29, 0.717) is 12.8 Å². The fourth-order valence-corrected chi connectivity index (χ4v) is 7.51. The van der Waals surface area contributed by atoms with Crippen molar-refractivity contribution in [1.82, 2.24) is 0 Å². The molecule has 3 N–H and O–H groups in total. The molecule has 1 aromatic rings. The molecule has 0 amide bonds. The first-order valence-corrected chi connectivity index (χ1v) is 12.8. The number of rotatable bonds is 3. The number of esters is 1.